The zero-order valence-electron chi connectivity index (χ0n) is 13.2. The van der Waals surface area contributed by atoms with Gasteiger partial charge in [-0.05, 0) is 45.6 Å². The van der Waals surface area contributed by atoms with E-state index in [4.69, 9.17) is 5.11 Å². The van der Waals surface area contributed by atoms with E-state index in [1.54, 1.807) is 6.07 Å². The van der Waals surface area contributed by atoms with Crippen molar-refractivity contribution in [2.24, 2.45) is 0 Å². The normalized spacial score (nSPS) is 11.7. The molecule has 114 valence electrons. The molecule has 0 saturated heterocycles. The maximum absolute atomic E-state index is 12.3. The first-order valence-electron chi connectivity index (χ1n) is 7.10. The Kier molecular flexibility index (Phi) is 6.93. The largest absolute Gasteiger partial charge is 0.395 e. The summed E-state index contributed by atoms with van der Waals surface area (Å²) in [5.41, 5.74) is 2.37. The van der Waals surface area contributed by atoms with Crippen LogP contribution in [0.5, 0.6) is 0 Å². The molecular weight excluding hydrogens is 264 g/mol. The molecule has 1 atom stereocenters. The summed E-state index contributed by atoms with van der Waals surface area (Å²) in [6.45, 7) is 4.74. The lowest BCUT2D eigenvalue weighted by Crippen LogP contribution is -2.39. The van der Waals surface area contributed by atoms with Crippen LogP contribution in [0.3, 0.4) is 0 Å². The molecule has 1 aromatic rings. The molecule has 0 aliphatic rings. The lowest BCUT2D eigenvalue weighted by atomic mass is 10.0. The van der Waals surface area contributed by atoms with Crippen molar-refractivity contribution in [1.82, 2.24) is 10.2 Å². The summed E-state index contributed by atoms with van der Waals surface area (Å²) in [7, 11) is 3.95. The standard InChI is InChI=1S/C17H24N2O2/c1-13-8-9-15(7-5-6-10-20)11-16(13)17(21)18-14(2)12-19(3)4/h8-9,11,14,20H,6,10,12H2,1-4H3,(H,18,21). The number of benzene rings is 1. The molecule has 4 nitrogen and oxygen atoms in total. The van der Waals surface area contributed by atoms with Crippen LogP contribution in [0.1, 0.15) is 34.8 Å². The first kappa shape index (κ1) is 17.2. The van der Waals surface area contributed by atoms with Crippen LogP contribution in [0, 0.1) is 18.8 Å². The molecule has 0 fully saturated rings. The van der Waals surface area contributed by atoms with E-state index in [0.717, 1.165) is 17.7 Å². The Balaban J connectivity index is 2.84. The van der Waals surface area contributed by atoms with Gasteiger partial charge in [0.2, 0.25) is 0 Å². The van der Waals surface area contributed by atoms with E-state index in [1.165, 1.54) is 0 Å². The molecule has 0 aliphatic heterocycles. The van der Waals surface area contributed by atoms with Gasteiger partial charge in [-0.1, -0.05) is 17.9 Å². The van der Waals surface area contributed by atoms with Gasteiger partial charge in [-0.15, -0.1) is 0 Å². The molecule has 0 bridgehead atoms. The van der Waals surface area contributed by atoms with Crippen molar-refractivity contribution in [3.8, 4) is 11.8 Å². The molecular formula is C17H24N2O2. The molecule has 0 aromatic heterocycles. The fourth-order valence-corrected chi connectivity index (χ4v) is 2.06. The number of carbonyl (C=O) groups excluding carboxylic acids is 1. The van der Waals surface area contributed by atoms with E-state index in [-0.39, 0.29) is 18.6 Å². The summed E-state index contributed by atoms with van der Waals surface area (Å²) in [6, 6.07) is 5.67. The van der Waals surface area contributed by atoms with Crippen molar-refractivity contribution in [3.05, 3.63) is 34.9 Å². The third-order valence-electron chi connectivity index (χ3n) is 2.97. The monoisotopic (exact) mass is 288 g/mol. The van der Waals surface area contributed by atoms with Gasteiger partial charge in [0.1, 0.15) is 0 Å². The van der Waals surface area contributed by atoms with Crippen molar-refractivity contribution in [3.63, 3.8) is 0 Å². The average Bonchev–Trinajstić information content (AvgIpc) is 2.39. The maximum atomic E-state index is 12.3. The van der Waals surface area contributed by atoms with Gasteiger partial charge < -0.3 is 15.3 Å². The van der Waals surface area contributed by atoms with Crippen LogP contribution >= 0.6 is 0 Å². The number of amides is 1. The van der Waals surface area contributed by atoms with Gasteiger partial charge in [0.05, 0.1) is 6.61 Å². The van der Waals surface area contributed by atoms with Gasteiger partial charge >= 0.3 is 0 Å². The van der Waals surface area contributed by atoms with Gasteiger partial charge in [-0.3, -0.25) is 4.79 Å². The van der Waals surface area contributed by atoms with E-state index >= 15 is 0 Å². The third kappa shape index (κ3) is 5.99. The van der Waals surface area contributed by atoms with Crippen molar-refractivity contribution in [1.29, 1.82) is 0 Å². The first-order chi connectivity index (χ1) is 9.93. The van der Waals surface area contributed by atoms with E-state index < -0.39 is 0 Å². The van der Waals surface area contributed by atoms with Crippen molar-refractivity contribution in [2.75, 3.05) is 27.2 Å². The van der Waals surface area contributed by atoms with E-state index in [9.17, 15) is 4.79 Å². The second kappa shape index (κ2) is 8.46. The molecule has 1 unspecified atom stereocenters. The van der Waals surface area contributed by atoms with Crippen LogP contribution in [-0.2, 0) is 0 Å². The highest BCUT2D eigenvalue weighted by molar-refractivity contribution is 5.96. The number of nitrogens with zero attached hydrogens (tertiary/aromatic N) is 1. The molecule has 0 heterocycles. The fourth-order valence-electron chi connectivity index (χ4n) is 2.06. The zero-order chi connectivity index (χ0) is 15.8. The minimum absolute atomic E-state index is 0.0499. The number of hydrogen-bond acceptors (Lipinski definition) is 3. The Bertz CT molecular complexity index is 541. The Morgan fingerprint density at radius 3 is 2.76 bits per heavy atom. The number of aliphatic hydroxyl groups is 1. The van der Waals surface area contributed by atoms with E-state index in [1.807, 2.05) is 45.0 Å². The van der Waals surface area contributed by atoms with Gasteiger partial charge in [0.25, 0.3) is 5.91 Å². The summed E-state index contributed by atoms with van der Waals surface area (Å²) in [5.74, 6) is 5.74. The predicted octanol–water partition coefficient (Wildman–Crippen LogP) is 1.41. The second-order valence-electron chi connectivity index (χ2n) is 5.44. The fraction of sp³-hybridized carbons (Fsp3) is 0.471. The Labute approximate surface area is 127 Å². The number of hydrogen-bond donors (Lipinski definition) is 2. The number of likely N-dealkylation sites (N-methyl/N-ethyl adjacent to an activating group) is 1. The summed E-state index contributed by atoms with van der Waals surface area (Å²) < 4.78 is 0. The summed E-state index contributed by atoms with van der Waals surface area (Å²) in [6.07, 6.45) is 0.440. The highest BCUT2D eigenvalue weighted by Gasteiger charge is 2.13. The minimum Gasteiger partial charge on any atom is -0.395 e. The first-order valence-corrected chi connectivity index (χ1v) is 7.10. The lowest BCUT2D eigenvalue weighted by Gasteiger charge is -2.19. The maximum Gasteiger partial charge on any atom is 0.251 e. The number of aryl methyl sites for hydroxylation is 1. The number of aliphatic hydroxyl groups excluding tert-OH is 1. The number of carbonyl (C=O) groups is 1. The third-order valence-corrected chi connectivity index (χ3v) is 2.97. The molecule has 1 rings (SSSR count). The summed E-state index contributed by atoms with van der Waals surface area (Å²) >= 11 is 0. The molecule has 0 aliphatic carbocycles. The van der Waals surface area contributed by atoms with Crippen molar-refractivity contribution >= 4 is 5.91 Å². The predicted molar refractivity (Wildman–Crippen MR) is 85.2 cm³/mol. The quantitative estimate of drug-likeness (QED) is 0.806. The smallest absolute Gasteiger partial charge is 0.251 e. The van der Waals surface area contributed by atoms with Gasteiger partial charge in [-0.25, -0.2) is 0 Å². The summed E-state index contributed by atoms with van der Waals surface area (Å²) in [5, 5.41) is 11.7. The van der Waals surface area contributed by atoms with Gasteiger partial charge in [-0.2, -0.15) is 0 Å². The summed E-state index contributed by atoms with van der Waals surface area (Å²) in [4.78, 5) is 14.4. The van der Waals surface area contributed by atoms with Crippen LogP contribution in [0.25, 0.3) is 0 Å². The van der Waals surface area contributed by atoms with Crippen molar-refractivity contribution in [2.45, 2.75) is 26.3 Å². The molecule has 4 heteroatoms. The molecule has 0 radical (unpaired) electrons. The molecule has 21 heavy (non-hydrogen) atoms. The Morgan fingerprint density at radius 1 is 1.43 bits per heavy atom. The molecule has 1 aromatic carbocycles. The Morgan fingerprint density at radius 2 is 2.14 bits per heavy atom. The van der Waals surface area contributed by atoms with Crippen LogP contribution < -0.4 is 5.32 Å². The van der Waals surface area contributed by atoms with Gasteiger partial charge in [0.15, 0.2) is 0 Å². The van der Waals surface area contributed by atoms with Crippen LogP contribution in [0.4, 0.5) is 0 Å². The minimum atomic E-state index is -0.0762. The number of nitrogens with one attached hydrogen (secondary N) is 1. The topological polar surface area (TPSA) is 52.6 Å². The molecule has 0 saturated carbocycles. The lowest BCUT2D eigenvalue weighted by molar-refractivity contribution is 0.0933. The SMILES string of the molecule is Cc1ccc(C#CCCO)cc1C(=O)NC(C)CN(C)C. The van der Waals surface area contributed by atoms with Crippen molar-refractivity contribution < 1.29 is 9.90 Å². The van der Waals surface area contributed by atoms with Crippen LogP contribution in [-0.4, -0.2) is 49.2 Å². The number of rotatable bonds is 5. The van der Waals surface area contributed by atoms with E-state index in [2.05, 4.69) is 17.2 Å². The highest BCUT2D eigenvalue weighted by Crippen LogP contribution is 2.11. The zero-order valence-corrected chi connectivity index (χ0v) is 13.2. The molecule has 0 spiro atoms. The second-order valence-corrected chi connectivity index (χ2v) is 5.44. The molecule has 1 amide bonds. The van der Waals surface area contributed by atoms with E-state index in [0.29, 0.717) is 12.0 Å². The Hall–Kier alpha value is -1.83. The molecule has 2 N–H and O–H groups in total. The van der Waals surface area contributed by atoms with Gasteiger partial charge in [0, 0.05) is 30.1 Å². The average molecular weight is 288 g/mol. The highest BCUT2D eigenvalue weighted by atomic mass is 16.2. The van der Waals surface area contributed by atoms with Crippen LogP contribution in [0.15, 0.2) is 18.2 Å². The van der Waals surface area contributed by atoms with Crippen LogP contribution in [0.2, 0.25) is 0 Å².